The number of nitrogens with two attached hydrogens (primary N) is 1. The van der Waals surface area contributed by atoms with E-state index >= 15 is 0 Å². The van der Waals surface area contributed by atoms with Crippen molar-refractivity contribution in [3.8, 4) is 5.75 Å². The van der Waals surface area contributed by atoms with Crippen LogP contribution in [0.25, 0.3) is 0 Å². The lowest BCUT2D eigenvalue weighted by Crippen LogP contribution is -2.27. The van der Waals surface area contributed by atoms with Gasteiger partial charge in [-0.1, -0.05) is 12.1 Å². The minimum Gasteiger partial charge on any atom is -0.490 e. The van der Waals surface area contributed by atoms with Crippen molar-refractivity contribution >= 4 is 29.2 Å². The number of anilines is 2. The monoisotopic (exact) mass is 368 g/mol. The Hall–Kier alpha value is -3.55. The number of carbonyl (C=O) groups excluding carboxylic acids is 2. The van der Waals surface area contributed by atoms with E-state index in [0.29, 0.717) is 29.2 Å². The standard InChI is InChI=1S/C19H20N4O4/c1-12(24)22-14-5-7-16(8-6-14)26-11-17-10-23(19(25)27-17)15-4-2-3-13(9-15)18(20)21/h2-9,17H,10-11H2,1H3,(H3,20,21)(H,22,24). The number of carbonyl (C=O) groups is 2. The van der Waals surface area contributed by atoms with Crippen LogP contribution in [0.2, 0.25) is 0 Å². The number of hydrogen-bond donors (Lipinski definition) is 3. The predicted octanol–water partition coefficient (Wildman–Crippen LogP) is 2.33. The molecule has 1 fully saturated rings. The number of cyclic esters (lactones) is 1. The highest BCUT2D eigenvalue weighted by atomic mass is 16.6. The van der Waals surface area contributed by atoms with E-state index in [4.69, 9.17) is 20.6 Å². The van der Waals surface area contributed by atoms with Crippen LogP contribution in [0.1, 0.15) is 12.5 Å². The van der Waals surface area contributed by atoms with Crippen LogP contribution >= 0.6 is 0 Å². The van der Waals surface area contributed by atoms with Crippen LogP contribution < -0.4 is 20.7 Å². The van der Waals surface area contributed by atoms with Gasteiger partial charge in [0.25, 0.3) is 0 Å². The van der Waals surface area contributed by atoms with Crippen LogP contribution in [0, 0.1) is 5.41 Å². The molecule has 2 aromatic carbocycles. The van der Waals surface area contributed by atoms with E-state index in [2.05, 4.69) is 5.32 Å². The molecule has 0 aliphatic carbocycles. The third-order valence-corrected chi connectivity index (χ3v) is 3.95. The smallest absolute Gasteiger partial charge is 0.414 e. The maximum absolute atomic E-state index is 12.1. The van der Waals surface area contributed by atoms with E-state index < -0.39 is 12.2 Å². The lowest BCUT2D eigenvalue weighted by molar-refractivity contribution is -0.114. The van der Waals surface area contributed by atoms with Crippen molar-refractivity contribution in [2.45, 2.75) is 13.0 Å². The Balaban J connectivity index is 1.58. The third kappa shape index (κ3) is 4.55. The minimum atomic E-state index is -0.467. The predicted molar refractivity (Wildman–Crippen MR) is 101 cm³/mol. The molecule has 2 amide bonds. The number of benzene rings is 2. The Morgan fingerprint density at radius 2 is 2.07 bits per heavy atom. The van der Waals surface area contributed by atoms with Gasteiger partial charge in [0.2, 0.25) is 5.91 Å². The van der Waals surface area contributed by atoms with Gasteiger partial charge in [0.1, 0.15) is 18.2 Å². The fourth-order valence-electron chi connectivity index (χ4n) is 2.69. The second-order valence-corrected chi connectivity index (χ2v) is 6.10. The average molecular weight is 368 g/mol. The number of nitrogen functional groups attached to an aromatic ring is 1. The van der Waals surface area contributed by atoms with Crippen molar-refractivity contribution in [1.29, 1.82) is 5.41 Å². The Morgan fingerprint density at radius 3 is 2.74 bits per heavy atom. The maximum Gasteiger partial charge on any atom is 0.414 e. The quantitative estimate of drug-likeness (QED) is 0.534. The largest absolute Gasteiger partial charge is 0.490 e. The molecule has 1 aliphatic rings. The molecule has 0 radical (unpaired) electrons. The third-order valence-electron chi connectivity index (χ3n) is 3.95. The van der Waals surface area contributed by atoms with E-state index in [1.807, 2.05) is 0 Å². The van der Waals surface area contributed by atoms with Crippen LogP contribution in [0.3, 0.4) is 0 Å². The Labute approximate surface area is 156 Å². The fraction of sp³-hybridized carbons (Fsp3) is 0.211. The molecule has 2 aromatic rings. The van der Waals surface area contributed by atoms with Crippen LogP contribution in [0.4, 0.5) is 16.2 Å². The highest BCUT2D eigenvalue weighted by Crippen LogP contribution is 2.23. The lowest BCUT2D eigenvalue weighted by atomic mass is 10.1. The van der Waals surface area contributed by atoms with Gasteiger partial charge in [0, 0.05) is 23.9 Å². The first-order valence-corrected chi connectivity index (χ1v) is 8.35. The summed E-state index contributed by atoms with van der Waals surface area (Å²) in [7, 11) is 0. The molecule has 0 saturated carbocycles. The van der Waals surface area contributed by atoms with Crippen molar-refractivity contribution < 1.29 is 19.1 Å². The van der Waals surface area contributed by atoms with Crippen molar-refractivity contribution in [3.05, 3.63) is 54.1 Å². The molecule has 1 heterocycles. The normalized spacial score (nSPS) is 16.0. The van der Waals surface area contributed by atoms with Crippen LogP contribution in [0.15, 0.2) is 48.5 Å². The molecule has 4 N–H and O–H groups in total. The van der Waals surface area contributed by atoms with Crippen LogP contribution in [-0.4, -0.2) is 37.1 Å². The molecule has 0 bridgehead atoms. The van der Waals surface area contributed by atoms with Crippen molar-refractivity contribution in [2.75, 3.05) is 23.4 Å². The first kappa shape index (κ1) is 18.2. The minimum absolute atomic E-state index is 0.0630. The van der Waals surface area contributed by atoms with E-state index in [0.717, 1.165) is 0 Å². The molecule has 140 valence electrons. The number of rotatable bonds is 6. The first-order chi connectivity index (χ1) is 12.9. The molecule has 1 atom stereocenters. The summed E-state index contributed by atoms with van der Waals surface area (Å²) in [5.74, 6) is 0.402. The fourth-order valence-corrected chi connectivity index (χ4v) is 2.69. The van der Waals surface area contributed by atoms with E-state index in [1.54, 1.807) is 48.5 Å². The van der Waals surface area contributed by atoms with Gasteiger partial charge < -0.3 is 20.5 Å². The molecule has 8 nitrogen and oxygen atoms in total. The number of ether oxygens (including phenoxy) is 2. The van der Waals surface area contributed by atoms with Gasteiger partial charge in [0.15, 0.2) is 6.10 Å². The molecule has 0 spiro atoms. The molecular weight excluding hydrogens is 348 g/mol. The molecule has 1 saturated heterocycles. The van der Waals surface area contributed by atoms with Crippen molar-refractivity contribution in [2.24, 2.45) is 5.73 Å². The zero-order valence-corrected chi connectivity index (χ0v) is 14.8. The summed E-state index contributed by atoms with van der Waals surface area (Å²) in [6, 6.07) is 13.8. The first-order valence-electron chi connectivity index (χ1n) is 8.35. The van der Waals surface area contributed by atoms with Gasteiger partial charge in [-0.05, 0) is 36.4 Å². The van der Waals surface area contributed by atoms with Crippen LogP contribution in [0.5, 0.6) is 5.75 Å². The summed E-state index contributed by atoms with van der Waals surface area (Å²) in [5, 5.41) is 10.2. The van der Waals surface area contributed by atoms with Gasteiger partial charge in [-0.3, -0.25) is 15.1 Å². The molecular formula is C19H20N4O4. The maximum atomic E-state index is 12.1. The molecule has 1 aliphatic heterocycles. The van der Waals surface area contributed by atoms with Crippen molar-refractivity contribution in [1.82, 2.24) is 0 Å². The Kier molecular flexibility index (Phi) is 5.25. The van der Waals surface area contributed by atoms with Gasteiger partial charge >= 0.3 is 6.09 Å². The van der Waals surface area contributed by atoms with Gasteiger partial charge in [0.05, 0.1) is 6.54 Å². The Morgan fingerprint density at radius 1 is 1.33 bits per heavy atom. The lowest BCUT2D eigenvalue weighted by Gasteiger charge is -2.14. The molecule has 1 unspecified atom stereocenters. The molecule has 8 heteroatoms. The van der Waals surface area contributed by atoms with Gasteiger partial charge in [-0.2, -0.15) is 0 Å². The molecule has 0 aromatic heterocycles. The molecule has 3 rings (SSSR count). The summed E-state index contributed by atoms with van der Waals surface area (Å²) >= 11 is 0. The zero-order chi connectivity index (χ0) is 19.4. The number of amides is 2. The second-order valence-electron chi connectivity index (χ2n) is 6.10. The number of nitrogens with zero attached hydrogens (tertiary/aromatic N) is 1. The highest BCUT2D eigenvalue weighted by molar-refractivity contribution is 5.97. The summed E-state index contributed by atoms with van der Waals surface area (Å²) in [6.07, 6.45) is -0.890. The number of hydrogen-bond acceptors (Lipinski definition) is 5. The average Bonchev–Trinajstić information content (AvgIpc) is 3.01. The summed E-state index contributed by atoms with van der Waals surface area (Å²) in [6.45, 7) is 1.98. The SMILES string of the molecule is CC(=O)Nc1ccc(OCC2CN(c3cccc(C(=N)N)c3)C(=O)O2)cc1. The highest BCUT2D eigenvalue weighted by Gasteiger charge is 2.33. The molecule has 27 heavy (non-hydrogen) atoms. The van der Waals surface area contributed by atoms with Crippen LogP contribution in [-0.2, 0) is 9.53 Å². The Bertz CT molecular complexity index is 866. The second kappa shape index (κ2) is 7.77. The number of nitrogens with one attached hydrogen (secondary N) is 2. The summed E-state index contributed by atoms with van der Waals surface area (Å²) in [5.41, 5.74) is 7.34. The van der Waals surface area contributed by atoms with E-state index in [9.17, 15) is 9.59 Å². The zero-order valence-electron chi connectivity index (χ0n) is 14.8. The summed E-state index contributed by atoms with van der Waals surface area (Å²) < 4.78 is 11.0. The summed E-state index contributed by atoms with van der Waals surface area (Å²) in [4.78, 5) is 24.7. The van der Waals surface area contributed by atoms with E-state index in [-0.39, 0.29) is 18.3 Å². The van der Waals surface area contributed by atoms with Gasteiger partial charge in [-0.25, -0.2) is 4.79 Å². The van der Waals surface area contributed by atoms with Gasteiger partial charge in [-0.15, -0.1) is 0 Å². The topological polar surface area (TPSA) is 118 Å². The van der Waals surface area contributed by atoms with Crippen molar-refractivity contribution in [3.63, 3.8) is 0 Å². The van der Waals surface area contributed by atoms with E-state index in [1.165, 1.54) is 11.8 Å². The number of amidine groups is 1.